The SMILES string of the molecule is CCC(C)c1ccc(C(CO)N2CCNCC2)cc1. The number of nitrogens with one attached hydrogen (secondary N) is 1. The molecule has 0 saturated carbocycles. The Kier molecular flexibility index (Phi) is 5.37. The predicted molar refractivity (Wildman–Crippen MR) is 79.4 cm³/mol. The van der Waals surface area contributed by atoms with Gasteiger partial charge in [0, 0.05) is 26.2 Å². The number of aliphatic hydroxyl groups excluding tert-OH is 1. The summed E-state index contributed by atoms with van der Waals surface area (Å²) in [7, 11) is 0. The number of hydrogen-bond acceptors (Lipinski definition) is 3. The largest absolute Gasteiger partial charge is 0.394 e. The Balaban J connectivity index is 2.09. The van der Waals surface area contributed by atoms with Crippen molar-refractivity contribution in [3.8, 4) is 0 Å². The van der Waals surface area contributed by atoms with E-state index in [2.05, 4.69) is 48.3 Å². The second-order valence-electron chi connectivity index (χ2n) is 5.46. The Bertz CT molecular complexity index is 371. The zero-order valence-corrected chi connectivity index (χ0v) is 12.1. The molecule has 1 aromatic carbocycles. The average molecular weight is 262 g/mol. The van der Waals surface area contributed by atoms with Crippen LogP contribution in [0, 0.1) is 0 Å². The molecule has 0 radical (unpaired) electrons. The Morgan fingerprint density at radius 3 is 2.26 bits per heavy atom. The normalized spacial score (nSPS) is 20.2. The van der Waals surface area contributed by atoms with Crippen LogP contribution in [0.5, 0.6) is 0 Å². The van der Waals surface area contributed by atoms with Crippen molar-refractivity contribution in [2.75, 3.05) is 32.8 Å². The molecule has 0 aromatic heterocycles. The van der Waals surface area contributed by atoms with Crippen molar-refractivity contribution in [1.29, 1.82) is 0 Å². The summed E-state index contributed by atoms with van der Waals surface area (Å²) in [4.78, 5) is 2.37. The van der Waals surface area contributed by atoms with Gasteiger partial charge in [-0.25, -0.2) is 0 Å². The van der Waals surface area contributed by atoms with E-state index >= 15 is 0 Å². The molecule has 0 amide bonds. The molecular formula is C16H26N2O. The fourth-order valence-electron chi connectivity index (χ4n) is 2.71. The van der Waals surface area contributed by atoms with Crippen LogP contribution < -0.4 is 5.32 Å². The van der Waals surface area contributed by atoms with E-state index in [0.717, 1.165) is 26.2 Å². The van der Waals surface area contributed by atoms with Crippen molar-refractivity contribution in [1.82, 2.24) is 10.2 Å². The fourth-order valence-corrected chi connectivity index (χ4v) is 2.71. The minimum absolute atomic E-state index is 0.146. The van der Waals surface area contributed by atoms with Crippen LogP contribution in [0.2, 0.25) is 0 Å². The molecule has 1 saturated heterocycles. The van der Waals surface area contributed by atoms with E-state index in [1.807, 2.05) is 0 Å². The van der Waals surface area contributed by atoms with Gasteiger partial charge in [0.25, 0.3) is 0 Å². The number of hydrogen-bond donors (Lipinski definition) is 2. The first-order chi connectivity index (χ1) is 9.26. The molecule has 1 aliphatic heterocycles. The summed E-state index contributed by atoms with van der Waals surface area (Å²) in [5.41, 5.74) is 2.62. The quantitative estimate of drug-likeness (QED) is 0.853. The van der Waals surface area contributed by atoms with Crippen molar-refractivity contribution in [3.05, 3.63) is 35.4 Å². The maximum Gasteiger partial charge on any atom is 0.0628 e. The lowest BCUT2D eigenvalue weighted by Gasteiger charge is -2.34. The Morgan fingerprint density at radius 1 is 1.16 bits per heavy atom. The zero-order chi connectivity index (χ0) is 13.7. The van der Waals surface area contributed by atoms with Crippen LogP contribution in [0.25, 0.3) is 0 Å². The molecule has 2 unspecified atom stereocenters. The molecule has 19 heavy (non-hydrogen) atoms. The van der Waals surface area contributed by atoms with Gasteiger partial charge in [-0.3, -0.25) is 4.90 Å². The summed E-state index contributed by atoms with van der Waals surface area (Å²) in [5.74, 6) is 0.612. The lowest BCUT2D eigenvalue weighted by molar-refractivity contribution is 0.111. The molecule has 0 bridgehead atoms. The van der Waals surface area contributed by atoms with E-state index in [-0.39, 0.29) is 12.6 Å². The highest BCUT2D eigenvalue weighted by atomic mass is 16.3. The van der Waals surface area contributed by atoms with E-state index in [1.54, 1.807) is 0 Å². The van der Waals surface area contributed by atoms with Gasteiger partial charge in [-0.2, -0.15) is 0 Å². The van der Waals surface area contributed by atoms with Crippen molar-refractivity contribution in [3.63, 3.8) is 0 Å². The molecule has 106 valence electrons. The van der Waals surface area contributed by atoms with E-state index in [4.69, 9.17) is 0 Å². The maximum atomic E-state index is 9.69. The first-order valence-corrected chi connectivity index (χ1v) is 7.41. The van der Waals surface area contributed by atoms with Crippen LogP contribution in [0.4, 0.5) is 0 Å². The molecule has 0 spiro atoms. The second kappa shape index (κ2) is 7.04. The average Bonchev–Trinajstić information content (AvgIpc) is 2.49. The molecule has 2 atom stereocenters. The minimum atomic E-state index is 0.146. The molecule has 1 aliphatic rings. The standard InChI is InChI=1S/C16H26N2O/c1-3-13(2)14-4-6-15(7-5-14)16(12-19)18-10-8-17-9-11-18/h4-7,13,16-17,19H,3,8-12H2,1-2H3. The molecule has 0 aliphatic carbocycles. The summed E-state index contributed by atoms with van der Waals surface area (Å²) in [6.45, 7) is 8.73. The monoisotopic (exact) mass is 262 g/mol. The Hall–Kier alpha value is -0.900. The minimum Gasteiger partial charge on any atom is -0.394 e. The molecule has 2 rings (SSSR count). The van der Waals surface area contributed by atoms with Crippen LogP contribution in [0.3, 0.4) is 0 Å². The third kappa shape index (κ3) is 3.56. The molecule has 1 aromatic rings. The summed E-state index contributed by atoms with van der Waals surface area (Å²) >= 11 is 0. The van der Waals surface area contributed by atoms with Crippen LogP contribution in [0.1, 0.15) is 43.4 Å². The highest BCUT2D eigenvalue weighted by Crippen LogP contribution is 2.24. The van der Waals surface area contributed by atoms with E-state index < -0.39 is 0 Å². The van der Waals surface area contributed by atoms with Crippen LogP contribution >= 0.6 is 0 Å². The van der Waals surface area contributed by atoms with Gasteiger partial charge < -0.3 is 10.4 Å². The van der Waals surface area contributed by atoms with Crippen LogP contribution in [0.15, 0.2) is 24.3 Å². The van der Waals surface area contributed by atoms with E-state index in [9.17, 15) is 5.11 Å². The molecular weight excluding hydrogens is 236 g/mol. The van der Waals surface area contributed by atoms with E-state index in [0.29, 0.717) is 5.92 Å². The molecule has 1 heterocycles. The van der Waals surface area contributed by atoms with E-state index in [1.165, 1.54) is 17.5 Å². The number of benzene rings is 1. The number of nitrogens with zero attached hydrogens (tertiary/aromatic N) is 1. The zero-order valence-electron chi connectivity index (χ0n) is 12.1. The van der Waals surface area contributed by atoms with Gasteiger partial charge in [-0.15, -0.1) is 0 Å². The Labute approximate surface area is 116 Å². The van der Waals surface area contributed by atoms with Gasteiger partial charge in [0.2, 0.25) is 0 Å². The summed E-state index contributed by atoms with van der Waals surface area (Å²) in [6, 6.07) is 8.95. The van der Waals surface area contributed by atoms with Gasteiger partial charge in [0.15, 0.2) is 0 Å². The molecule has 3 nitrogen and oxygen atoms in total. The van der Waals surface area contributed by atoms with Crippen LogP contribution in [-0.4, -0.2) is 42.8 Å². The van der Waals surface area contributed by atoms with Gasteiger partial charge in [0.1, 0.15) is 0 Å². The lowest BCUT2D eigenvalue weighted by atomic mass is 9.95. The lowest BCUT2D eigenvalue weighted by Crippen LogP contribution is -2.46. The summed E-state index contributed by atoms with van der Waals surface area (Å²) < 4.78 is 0. The number of rotatable bonds is 5. The van der Waals surface area contributed by atoms with Crippen molar-refractivity contribution in [2.45, 2.75) is 32.2 Å². The third-order valence-electron chi connectivity index (χ3n) is 4.27. The third-order valence-corrected chi connectivity index (χ3v) is 4.27. The van der Waals surface area contributed by atoms with Crippen molar-refractivity contribution in [2.24, 2.45) is 0 Å². The first-order valence-electron chi connectivity index (χ1n) is 7.41. The summed E-state index contributed by atoms with van der Waals surface area (Å²) in [5, 5.41) is 13.0. The van der Waals surface area contributed by atoms with Crippen LogP contribution in [-0.2, 0) is 0 Å². The van der Waals surface area contributed by atoms with Gasteiger partial charge in [-0.05, 0) is 23.5 Å². The second-order valence-corrected chi connectivity index (χ2v) is 5.46. The fraction of sp³-hybridized carbons (Fsp3) is 0.625. The predicted octanol–water partition coefficient (Wildman–Crippen LogP) is 2.14. The summed E-state index contributed by atoms with van der Waals surface area (Å²) in [6.07, 6.45) is 1.17. The molecule has 3 heteroatoms. The smallest absolute Gasteiger partial charge is 0.0628 e. The Morgan fingerprint density at radius 2 is 1.74 bits per heavy atom. The molecule has 1 fully saturated rings. The van der Waals surface area contributed by atoms with Gasteiger partial charge in [-0.1, -0.05) is 38.1 Å². The maximum absolute atomic E-state index is 9.69. The first kappa shape index (κ1) is 14.5. The number of aliphatic hydroxyl groups is 1. The number of piperazine rings is 1. The molecule has 2 N–H and O–H groups in total. The highest BCUT2D eigenvalue weighted by Gasteiger charge is 2.21. The van der Waals surface area contributed by atoms with Gasteiger partial charge in [0.05, 0.1) is 12.6 Å². The topological polar surface area (TPSA) is 35.5 Å². The van der Waals surface area contributed by atoms with Gasteiger partial charge >= 0.3 is 0 Å². The van der Waals surface area contributed by atoms with Crippen molar-refractivity contribution >= 4 is 0 Å². The highest BCUT2D eigenvalue weighted by molar-refractivity contribution is 5.27. The van der Waals surface area contributed by atoms with Crippen molar-refractivity contribution < 1.29 is 5.11 Å².